The van der Waals surface area contributed by atoms with Gasteiger partial charge in [-0.1, -0.05) is 41.0 Å². The Balaban J connectivity index is 1.70. The molecule has 0 aliphatic rings. The number of benzene rings is 1. The summed E-state index contributed by atoms with van der Waals surface area (Å²) in [6, 6.07) is 8.45. The molecule has 3 rings (SSSR count). The summed E-state index contributed by atoms with van der Waals surface area (Å²) in [5.74, 6) is 1.08. The maximum atomic E-state index is 12.2. The smallest absolute Gasteiger partial charge is 0.234 e. The molecule has 3 aromatic rings. The van der Waals surface area contributed by atoms with Gasteiger partial charge in [0.05, 0.1) is 22.7 Å². The molecule has 0 bridgehead atoms. The second-order valence-corrected chi connectivity index (χ2v) is 6.93. The number of thioether (sulfide) groups is 1. The van der Waals surface area contributed by atoms with E-state index in [1.807, 2.05) is 4.57 Å². The van der Waals surface area contributed by atoms with Gasteiger partial charge in [0.2, 0.25) is 11.7 Å². The Morgan fingerprint density at radius 1 is 1.35 bits per heavy atom. The maximum Gasteiger partial charge on any atom is 0.234 e. The van der Waals surface area contributed by atoms with Gasteiger partial charge in [0.15, 0.2) is 10.9 Å². The highest BCUT2D eigenvalue weighted by Crippen LogP contribution is 2.27. The third-order valence-electron chi connectivity index (χ3n) is 3.30. The first kappa shape index (κ1) is 18.6. The molecule has 0 unspecified atom stereocenters. The highest BCUT2D eigenvalue weighted by Gasteiger charge is 2.17. The summed E-state index contributed by atoms with van der Waals surface area (Å²) in [5, 5.41) is 12.5. The average molecular weight is 409 g/mol. The molecule has 1 N–H and O–H groups in total. The zero-order chi connectivity index (χ0) is 18.5. The van der Waals surface area contributed by atoms with Gasteiger partial charge in [0.25, 0.3) is 0 Å². The largest absolute Gasteiger partial charge is 0.461 e. The predicted molar refractivity (Wildman–Crippen MR) is 104 cm³/mol. The van der Waals surface area contributed by atoms with Gasteiger partial charge in [-0.2, -0.15) is 0 Å². The van der Waals surface area contributed by atoms with E-state index in [0.29, 0.717) is 39.0 Å². The number of allylic oxidation sites excluding steroid dienone is 1. The molecule has 0 spiro atoms. The molecule has 6 nitrogen and oxygen atoms in total. The van der Waals surface area contributed by atoms with Crippen molar-refractivity contribution in [3.05, 3.63) is 59.3 Å². The number of hydrogen-bond acceptors (Lipinski definition) is 5. The van der Waals surface area contributed by atoms with Gasteiger partial charge in [-0.25, -0.2) is 0 Å². The van der Waals surface area contributed by atoms with Crippen LogP contribution in [-0.2, 0) is 11.3 Å². The molecule has 0 saturated carbocycles. The van der Waals surface area contributed by atoms with Crippen molar-refractivity contribution in [3.8, 4) is 11.6 Å². The van der Waals surface area contributed by atoms with Crippen LogP contribution in [0, 0.1) is 0 Å². The van der Waals surface area contributed by atoms with Crippen LogP contribution in [0.2, 0.25) is 10.0 Å². The van der Waals surface area contributed by atoms with Crippen LogP contribution in [0.15, 0.2) is 58.8 Å². The highest BCUT2D eigenvalue weighted by molar-refractivity contribution is 7.99. The standard InChI is InChI=1S/C17H14Cl2N4O2S/c1-2-7-23-16(14-4-3-8-25-14)21-22-17(23)26-10-15(24)20-13-9-11(18)5-6-12(13)19/h2-6,8-9H,1,7,10H2,(H,20,24). The first-order chi connectivity index (χ1) is 12.6. The van der Waals surface area contributed by atoms with Gasteiger partial charge >= 0.3 is 0 Å². The fourth-order valence-corrected chi connectivity index (χ4v) is 3.27. The maximum absolute atomic E-state index is 12.2. The van der Waals surface area contributed by atoms with Crippen LogP contribution in [-0.4, -0.2) is 26.4 Å². The van der Waals surface area contributed by atoms with Gasteiger partial charge in [-0.3, -0.25) is 9.36 Å². The first-order valence-electron chi connectivity index (χ1n) is 7.54. The zero-order valence-corrected chi connectivity index (χ0v) is 15.8. The van der Waals surface area contributed by atoms with E-state index < -0.39 is 0 Å². The molecule has 2 heterocycles. The van der Waals surface area contributed by atoms with E-state index in [1.54, 1.807) is 42.7 Å². The monoisotopic (exact) mass is 408 g/mol. The Hall–Kier alpha value is -2.22. The van der Waals surface area contributed by atoms with E-state index in [2.05, 4.69) is 22.1 Å². The van der Waals surface area contributed by atoms with E-state index in [1.165, 1.54) is 11.8 Å². The van der Waals surface area contributed by atoms with Crippen LogP contribution < -0.4 is 5.32 Å². The van der Waals surface area contributed by atoms with Crippen molar-refractivity contribution in [2.75, 3.05) is 11.1 Å². The molecule has 1 aromatic carbocycles. The number of nitrogens with zero attached hydrogens (tertiary/aromatic N) is 3. The van der Waals surface area contributed by atoms with Gasteiger partial charge in [-0.15, -0.1) is 16.8 Å². The number of nitrogens with one attached hydrogen (secondary N) is 1. The lowest BCUT2D eigenvalue weighted by Gasteiger charge is -2.08. The number of aromatic nitrogens is 3. The van der Waals surface area contributed by atoms with Crippen LogP contribution in [0.1, 0.15) is 0 Å². The number of carbonyl (C=O) groups is 1. The van der Waals surface area contributed by atoms with Crippen molar-refractivity contribution in [1.29, 1.82) is 0 Å². The summed E-state index contributed by atoms with van der Waals surface area (Å²) in [6.45, 7) is 4.24. The molecule has 134 valence electrons. The van der Waals surface area contributed by atoms with Crippen LogP contribution in [0.25, 0.3) is 11.6 Å². The topological polar surface area (TPSA) is 73.0 Å². The van der Waals surface area contributed by atoms with Crippen LogP contribution in [0.3, 0.4) is 0 Å². The molecule has 26 heavy (non-hydrogen) atoms. The second-order valence-electron chi connectivity index (χ2n) is 5.14. The molecule has 0 saturated heterocycles. The normalized spacial score (nSPS) is 10.7. The minimum Gasteiger partial charge on any atom is -0.461 e. The van der Waals surface area contributed by atoms with E-state index in [4.69, 9.17) is 27.6 Å². The van der Waals surface area contributed by atoms with Crippen molar-refractivity contribution >= 4 is 46.6 Å². The molecule has 9 heteroatoms. The molecule has 0 aliphatic heterocycles. The predicted octanol–water partition coefficient (Wildman–Crippen LogP) is 4.76. The van der Waals surface area contributed by atoms with Crippen molar-refractivity contribution in [2.24, 2.45) is 0 Å². The highest BCUT2D eigenvalue weighted by atomic mass is 35.5. The summed E-state index contributed by atoms with van der Waals surface area (Å²) in [4.78, 5) is 12.2. The first-order valence-corrected chi connectivity index (χ1v) is 9.28. The van der Waals surface area contributed by atoms with Gasteiger partial charge in [0.1, 0.15) is 0 Å². The lowest BCUT2D eigenvalue weighted by molar-refractivity contribution is -0.113. The number of rotatable bonds is 7. The van der Waals surface area contributed by atoms with E-state index in [9.17, 15) is 4.79 Å². The van der Waals surface area contributed by atoms with E-state index in [-0.39, 0.29) is 11.7 Å². The Morgan fingerprint density at radius 3 is 2.92 bits per heavy atom. The van der Waals surface area contributed by atoms with E-state index in [0.717, 1.165) is 0 Å². The number of amides is 1. The average Bonchev–Trinajstić information content (AvgIpc) is 3.26. The van der Waals surface area contributed by atoms with Crippen molar-refractivity contribution in [3.63, 3.8) is 0 Å². The van der Waals surface area contributed by atoms with Crippen LogP contribution >= 0.6 is 35.0 Å². The van der Waals surface area contributed by atoms with Crippen molar-refractivity contribution in [2.45, 2.75) is 11.7 Å². The zero-order valence-electron chi connectivity index (χ0n) is 13.5. The lowest BCUT2D eigenvalue weighted by atomic mass is 10.3. The molecular weight excluding hydrogens is 395 g/mol. The number of carbonyl (C=O) groups excluding carboxylic acids is 1. The second kappa shape index (κ2) is 8.44. The number of hydrogen-bond donors (Lipinski definition) is 1. The van der Waals surface area contributed by atoms with E-state index >= 15 is 0 Å². The Bertz CT molecular complexity index is 925. The molecule has 0 aliphatic carbocycles. The Kier molecular flexibility index (Phi) is 6.03. The quantitative estimate of drug-likeness (QED) is 0.450. The SMILES string of the molecule is C=CCn1c(SCC(=O)Nc2cc(Cl)ccc2Cl)nnc1-c1ccco1. The molecule has 0 radical (unpaired) electrons. The summed E-state index contributed by atoms with van der Waals surface area (Å²) in [5.41, 5.74) is 0.466. The molecular formula is C17H14Cl2N4O2S. The number of furan rings is 1. The fourth-order valence-electron chi connectivity index (χ4n) is 2.19. The third kappa shape index (κ3) is 4.30. The van der Waals surface area contributed by atoms with Crippen molar-refractivity contribution < 1.29 is 9.21 Å². The summed E-state index contributed by atoms with van der Waals surface area (Å²) >= 11 is 13.2. The van der Waals surface area contributed by atoms with Crippen LogP contribution in [0.5, 0.6) is 0 Å². The summed E-state index contributed by atoms with van der Waals surface area (Å²) < 4.78 is 7.21. The lowest BCUT2D eigenvalue weighted by Crippen LogP contribution is -2.15. The van der Waals surface area contributed by atoms with Gasteiger partial charge in [-0.05, 0) is 30.3 Å². The number of halogens is 2. The summed E-state index contributed by atoms with van der Waals surface area (Å²) in [6.07, 6.45) is 3.29. The third-order valence-corrected chi connectivity index (χ3v) is 4.84. The molecule has 0 atom stereocenters. The molecule has 0 fully saturated rings. The molecule has 1 amide bonds. The minimum absolute atomic E-state index is 0.135. The van der Waals surface area contributed by atoms with Crippen LogP contribution in [0.4, 0.5) is 5.69 Å². The molecule has 2 aromatic heterocycles. The van der Waals surface area contributed by atoms with Crippen molar-refractivity contribution in [1.82, 2.24) is 14.8 Å². The minimum atomic E-state index is -0.230. The Labute approximate surface area is 164 Å². The Morgan fingerprint density at radius 2 is 2.19 bits per heavy atom. The number of anilines is 1. The summed E-state index contributed by atoms with van der Waals surface area (Å²) in [7, 11) is 0. The van der Waals surface area contributed by atoms with Gasteiger partial charge in [0, 0.05) is 11.6 Å². The van der Waals surface area contributed by atoms with Gasteiger partial charge < -0.3 is 9.73 Å². The fraction of sp³-hybridized carbons (Fsp3) is 0.118.